The normalized spacial score (nSPS) is 34.0. The minimum Gasteiger partial charge on any atom is -0.507 e. The van der Waals surface area contributed by atoms with Crippen molar-refractivity contribution >= 4 is 23.2 Å². The maximum atomic E-state index is 11.3. The molecule has 0 amide bonds. The van der Waals surface area contributed by atoms with Crippen LogP contribution in [0.3, 0.4) is 0 Å². The number of benzene rings is 1. The molecule has 2 bridgehead atoms. The Morgan fingerprint density at radius 2 is 1.73 bits per heavy atom. The Hall–Kier alpha value is -4.08. The van der Waals surface area contributed by atoms with Crippen LogP contribution in [-0.2, 0) is 10.2 Å². The van der Waals surface area contributed by atoms with Crippen molar-refractivity contribution in [2.75, 3.05) is 36.8 Å². The number of phenols is 1. The zero-order valence-electron chi connectivity index (χ0n) is 27.6. The number of nitrogens with two attached hydrogens (primary N) is 1. The van der Waals surface area contributed by atoms with Crippen molar-refractivity contribution in [1.82, 2.24) is 20.2 Å². The molecular weight excluding hydrogens is 602 g/mol. The number of aromatic nitrogens is 4. The van der Waals surface area contributed by atoms with Gasteiger partial charge >= 0.3 is 5.97 Å². The van der Waals surface area contributed by atoms with Gasteiger partial charge in [-0.05, 0) is 97.8 Å². The monoisotopic (exact) mass is 648 g/mol. The van der Waals surface area contributed by atoms with E-state index >= 15 is 0 Å². The third-order valence-electron chi connectivity index (χ3n) is 13.5. The molecule has 4 heterocycles. The molecule has 2 aliphatic heterocycles. The van der Waals surface area contributed by atoms with E-state index < -0.39 is 5.97 Å². The highest BCUT2D eigenvalue weighted by Crippen LogP contribution is 2.64. The molecule has 48 heavy (non-hydrogen) atoms. The summed E-state index contributed by atoms with van der Waals surface area (Å²) in [6.45, 7) is 4.08. The minimum atomic E-state index is -0.605. The van der Waals surface area contributed by atoms with Crippen LogP contribution in [0.15, 0.2) is 42.7 Å². The smallest absolute Gasteiger partial charge is 0.306 e. The van der Waals surface area contributed by atoms with Gasteiger partial charge in [0.05, 0.1) is 17.3 Å². The molecule has 10 heteroatoms. The van der Waals surface area contributed by atoms with E-state index in [1.165, 1.54) is 24.8 Å². The molecule has 250 valence electrons. The number of carbonyl (C=O) groups is 1. The fraction of sp³-hybridized carbons (Fsp3) is 0.579. The molecule has 2 aromatic heterocycles. The predicted molar refractivity (Wildman–Crippen MR) is 182 cm³/mol. The molecule has 6 aliphatic rings. The number of carboxylic acids is 1. The van der Waals surface area contributed by atoms with Crippen molar-refractivity contribution in [2.45, 2.75) is 82.0 Å². The first-order valence-corrected chi connectivity index (χ1v) is 18.1. The van der Waals surface area contributed by atoms with Gasteiger partial charge in [0.1, 0.15) is 24.7 Å². The van der Waals surface area contributed by atoms with Crippen LogP contribution in [0.4, 0.5) is 11.5 Å². The van der Waals surface area contributed by atoms with Gasteiger partial charge < -0.3 is 20.8 Å². The van der Waals surface area contributed by atoms with Crippen LogP contribution in [0.5, 0.6) is 5.75 Å². The number of aromatic hydroxyl groups is 1. The maximum Gasteiger partial charge on any atom is 0.306 e. The number of nitrogens with zero attached hydrogens (tertiary/aromatic N) is 6. The van der Waals surface area contributed by atoms with Gasteiger partial charge in [-0.3, -0.25) is 4.79 Å². The quantitative estimate of drug-likeness (QED) is 0.310. The zero-order valence-corrected chi connectivity index (χ0v) is 27.6. The number of hydrogen-bond acceptors (Lipinski definition) is 8. The number of hydrogen-bond donors (Lipinski definition) is 3. The summed E-state index contributed by atoms with van der Waals surface area (Å²) in [6.07, 6.45) is 16.4. The second kappa shape index (κ2) is 11.2. The number of para-hydroxylation sites is 1. The lowest BCUT2D eigenvalue weighted by Gasteiger charge is -2.52. The fourth-order valence-corrected chi connectivity index (χ4v) is 11.0. The Morgan fingerprint density at radius 3 is 2.46 bits per heavy atom. The topological polar surface area (TPSA) is 141 Å². The van der Waals surface area contributed by atoms with E-state index in [1.54, 1.807) is 11.8 Å². The van der Waals surface area contributed by atoms with Gasteiger partial charge in [-0.1, -0.05) is 12.1 Å². The second-order valence-corrected chi connectivity index (χ2v) is 16.1. The third-order valence-corrected chi connectivity index (χ3v) is 13.5. The second-order valence-electron chi connectivity index (χ2n) is 16.1. The van der Waals surface area contributed by atoms with Gasteiger partial charge in [0, 0.05) is 62.1 Å². The molecule has 4 unspecified atom stereocenters. The Morgan fingerprint density at radius 1 is 0.979 bits per heavy atom. The van der Waals surface area contributed by atoms with Crippen molar-refractivity contribution in [3.8, 4) is 17.0 Å². The molecule has 4 atom stereocenters. The van der Waals surface area contributed by atoms with Crippen molar-refractivity contribution in [3.05, 3.63) is 54.1 Å². The van der Waals surface area contributed by atoms with E-state index in [2.05, 4.69) is 32.1 Å². The summed E-state index contributed by atoms with van der Waals surface area (Å²) in [6, 6.07) is 9.23. The fourth-order valence-electron chi connectivity index (χ4n) is 11.0. The number of phenolic OH excluding ortho intramolecular Hbond substituents is 1. The van der Waals surface area contributed by atoms with E-state index in [1.807, 2.05) is 24.3 Å². The van der Waals surface area contributed by atoms with E-state index in [-0.39, 0.29) is 17.1 Å². The standard InChI is InChI=1S/C38H45N7O3/c39-34-32(14-31(42-43-34)29-3-1-2-4-33(29)46)45-21-23-13-30-26(22-45)18-38(30,15-23)36-40-19-27(20-41-36)24-7-11-44(12-8-24)28-5-9-37(10-6-28)16-25(17-37)35(47)48/h1-4,14,19-20,23-26,30H,5-13,15-18,21-22H2,(H3-,39,42,43,46,47,48)/p+1. The van der Waals surface area contributed by atoms with Gasteiger partial charge in [-0.25, -0.2) is 14.5 Å². The molecule has 4 N–H and O–H groups in total. The highest BCUT2D eigenvalue weighted by Gasteiger charge is 2.63. The zero-order chi connectivity index (χ0) is 32.6. The lowest BCUT2D eigenvalue weighted by atomic mass is 9.54. The first kappa shape index (κ1) is 30.0. The van der Waals surface area contributed by atoms with E-state index in [9.17, 15) is 15.0 Å². The average Bonchev–Trinajstić information content (AvgIpc) is 3.28. The van der Waals surface area contributed by atoms with Crippen molar-refractivity contribution in [1.29, 1.82) is 0 Å². The number of aliphatic carboxylic acids is 1. The molecule has 0 radical (unpaired) electrons. The number of anilines is 2. The Kier molecular flexibility index (Phi) is 7.03. The van der Waals surface area contributed by atoms with Crippen LogP contribution < -0.4 is 10.6 Å². The summed E-state index contributed by atoms with van der Waals surface area (Å²) < 4.78 is 2.63. The Balaban J connectivity index is 0.833. The van der Waals surface area contributed by atoms with Gasteiger partial charge in [-0.2, -0.15) is 0 Å². The highest BCUT2D eigenvalue weighted by molar-refractivity contribution is 5.81. The molecule has 4 aliphatic carbocycles. The lowest BCUT2D eigenvalue weighted by molar-refractivity contribution is -0.541. The van der Waals surface area contributed by atoms with Crippen LogP contribution in [0.25, 0.3) is 11.3 Å². The first-order valence-electron chi connectivity index (χ1n) is 18.1. The predicted octanol–water partition coefficient (Wildman–Crippen LogP) is 5.41. The number of carboxylic acid groups (broad SMARTS) is 1. The number of nitrogen functional groups attached to an aromatic ring is 1. The Bertz CT molecular complexity index is 1760. The molecule has 9 rings (SSSR count). The first-order chi connectivity index (χ1) is 23.3. The maximum absolute atomic E-state index is 11.3. The summed E-state index contributed by atoms with van der Waals surface area (Å²) in [5.74, 6) is 3.21. The minimum absolute atomic E-state index is 0.103. The molecular formula is C38H46N7O3+. The van der Waals surface area contributed by atoms with Gasteiger partial charge in [0.15, 0.2) is 11.5 Å². The van der Waals surface area contributed by atoms with Crippen molar-refractivity contribution in [3.63, 3.8) is 0 Å². The molecule has 1 aromatic carbocycles. The molecule has 2 saturated heterocycles. The van der Waals surface area contributed by atoms with Gasteiger partial charge in [0.2, 0.25) is 0 Å². The molecule has 10 nitrogen and oxygen atoms in total. The van der Waals surface area contributed by atoms with Crippen molar-refractivity contribution < 1.29 is 19.6 Å². The number of piperidine rings is 1. The van der Waals surface area contributed by atoms with E-state index in [0.717, 1.165) is 89.1 Å². The number of rotatable bonds is 5. The number of fused-ring (bicyclic) bond motifs is 1. The summed E-state index contributed by atoms with van der Waals surface area (Å²) in [5, 5.41) is 28.3. The molecule has 6 fully saturated rings. The van der Waals surface area contributed by atoms with E-state index in [4.69, 9.17) is 15.7 Å². The van der Waals surface area contributed by atoms with Crippen LogP contribution in [0.2, 0.25) is 0 Å². The molecule has 4 saturated carbocycles. The largest absolute Gasteiger partial charge is 0.507 e. The van der Waals surface area contributed by atoms with Gasteiger partial charge in [-0.15, -0.1) is 10.2 Å². The average molecular weight is 649 g/mol. The van der Waals surface area contributed by atoms with Crippen LogP contribution >= 0.6 is 0 Å². The van der Waals surface area contributed by atoms with Crippen molar-refractivity contribution in [2.24, 2.45) is 29.1 Å². The Labute approximate surface area is 281 Å². The summed E-state index contributed by atoms with van der Waals surface area (Å²) >= 11 is 0. The van der Waals surface area contributed by atoms with Crippen LogP contribution in [0.1, 0.15) is 87.9 Å². The third kappa shape index (κ3) is 4.88. The summed E-state index contributed by atoms with van der Waals surface area (Å²) in [5.41, 5.74) is 11.9. The summed E-state index contributed by atoms with van der Waals surface area (Å²) in [4.78, 5) is 23.9. The summed E-state index contributed by atoms with van der Waals surface area (Å²) in [7, 11) is 0. The molecule has 1 spiro atoms. The van der Waals surface area contributed by atoms with E-state index in [0.29, 0.717) is 46.2 Å². The van der Waals surface area contributed by atoms with Crippen LogP contribution in [-0.4, -0.2) is 72.8 Å². The van der Waals surface area contributed by atoms with Crippen LogP contribution in [0, 0.1) is 29.1 Å². The molecule has 3 aromatic rings. The lowest BCUT2D eigenvalue weighted by Crippen LogP contribution is -2.53. The highest BCUT2D eigenvalue weighted by atomic mass is 16.4. The van der Waals surface area contributed by atoms with Gasteiger partial charge in [0.25, 0.3) is 0 Å². The SMILES string of the molecule is Nc1nnc(-c2ccccc2O)cc1N1CC2CC3C(C1)CC3(c1ncc(C3CC[N+](=C4CCC5(CC4)CC(C(=O)O)C5)CC3)cn1)C2.